The Kier molecular flexibility index (Phi) is 7.97. The van der Waals surface area contributed by atoms with Crippen LogP contribution in [-0.4, -0.2) is 0 Å². The largest absolute Gasteiger partial charge is 0.216 e. The molecule has 0 aliphatic carbocycles. The van der Waals surface area contributed by atoms with Crippen LogP contribution in [0.2, 0.25) is 0 Å². The van der Waals surface area contributed by atoms with Gasteiger partial charge in [-0.25, -0.2) is 0 Å². The van der Waals surface area contributed by atoms with E-state index in [9.17, 15) is 0 Å². The summed E-state index contributed by atoms with van der Waals surface area (Å²) in [4.78, 5) is 0. The Morgan fingerprint density at radius 3 is 1.41 bits per heavy atom. The lowest BCUT2D eigenvalue weighted by Crippen LogP contribution is -2.16. The first-order valence-electron chi connectivity index (χ1n) is 5.96. The molecule has 1 rings (SSSR count). The van der Waals surface area contributed by atoms with E-state index in [4.69, 9.17) is 104 Å². The van der Waals surface area contributed by atoms with Crippen LogP contribution in [0.1, 0.15) is 35.1 Å². The molecule has 1 aromatic carbocycles. The fraction of sp³-hybridized carbons (Fsp3) is 0.462. The number of rotatable bonds is 3. The summed E-state index contributed by atoms with van der Waals surface area (Å²) < 4.78 is -5.26. The van der Waals surface area contributed by atoms with Gasteiger partial charge in [-0.3, -0.25) is 0 Å². The lowest BCUT2D eigenvalue weighted by Gasteiger charge is -2.26. The summed E-state index contributed by atoms with van der Waals surface area (Å²) >= 11 is 54.0. The van der Waals surface area contributed by atoms with Gasteiger partial charge in [0.25, 0.3) is 0 Å². The quantitative estimate of drug-likeness (QED) is 0.378. The minimum absolute atomic E-state index is 0.249. The summed E-state index contributed by atoms with van der Waals surface area (Å²) in [6.07, 6.45) is 1.90. The van der Waals surface area contributed by atoms with Crippen molar-refractivity contribution in [1.82, 2.24) is 0 Å². The maximum Gasteiger partial charge on any atom is 0.216 e. The molecule has 0 amide bonds. The molecule has 1 radical (unpaired) electrons. The molecule has 22 heavy (non-hydrogen) atoms. The Labute approximate surface area is 175 Å². The lowest BCUT2D eigenvalue weighted by molar-refractivity contribution is 0.818. The number of hydrogen-bond donors (Lipinski definition) is 0. The van der Waals surface area contributed by atoms with Crippen molar-refractivity contribution in [3.63, 3.8) is 0 Å². The van der Waals surface area contributed by atoms with E-state index in [1.54, 1.807) is 0 Å². The number of unbranched alkanes of at least 4 members (excludes halogenated alkanes) is 1. The molecule has 0 spiro atoms. The Morgan fingerprint density at radius 1 is 0.727 bits per heavy atom. The minimum atomic E-state index is -1.76. The molecular weight excluding hydrogens is 475 g/mol. The van der Waals surface area contributed by atoms with E-state index in [1.165, 1.54) is 12.1 Å². The van der Waals surface area contributed by atoms with Gasteiger partial charge in [-0.1, -0.05) is 118 Å². The van der Waals surface area contributed by atoms with Crippen molar-refractivity contribution in [2.45, 2.75) is 30.6 Å². The van der Waals surface area contributed by atoms with Gasteiger partial charge in [0.1, 0.15) is 0 Å². The van der Waals surface area contributed by atoms with Crippen molar-refractivity contribution < 1.29 is 0 Å². The van der Waals surface area contributed by atoms with E-state index >= 15 is 0 Å². The topological polar surface area (TPSA) is 0 Å². The van der Waals surface area contributed by atoms with Gasteiger partial charge in [0, 0.05) is 16.7 Å². The van der Waals surface area contributed by atoms with Crippen LogP contribution in [0, 0.1) is 6.92 Å². The normalized spacial score (nSPS) is 13.5. The molecule has 0 heterocycles. The van der Waals surface area contributed by atoms with Crippen LogP contribution < -0.4 is 0 Å². The van der Waals surface area contributed by atoms with Gasteiger partial charge in [-0.15, -0.1) is 0 Å². The zero-order valence-corrected chi connectivity index (χ0v) is 17.7. The fourth-order valence-corrected chi connectivity index (χ4v) is 3.25. The van der Waals surface area contributed by atoms with Crippen molar-refractivity contribution in [2.24, 2.45) is 0 Å². The predicted octanol–water partition coefficient (Wildman–Crippen LogP) is 8.32. The van der Waals surface area contributed by atoms with Crippen LogP contribution in [0.4, 0.5) is 0 Å². The van der Waals surface area contributed by atoms with E-state index in [0.29, 0.717) is 36.0 Å². The molecule has 0 saturated carbocycles. The third-order valence-corrected chi connectivity index (χ3v) is 4.74. The predicted molar refractivity (Wildman–Crippen MR) is 102 cm³/mol. The molecule has 0 unspecified atom stereocenters. The van der Waals surface area contributed by atoms with Crippen molar-refractivity contribution >= 4 is 104 Å². The first kappa shape index (κ1) is 21.9. The summed E-state index contributed by atoms with van der Waals surface area (Å²) in [6.45, 7) is 3.78. The molecule has 0 N–H and O–H groups in total. The molecule has 1 aromatic rings. The zero-order chi connectivity index (χ0) is 17.3. The Bertz CT molecular complexity index is 485. The second-order valence-electron chi connectivity index (χ2n) is 4.50. The molecule has 0 aliphatic rings. The van der Waals surface area contributed by atoms with Crippen LogP contribution >= 0.6 is 104 Å². The van der Waals surface area contributed by atoms with E-state index in [2.05, 4.69) is 6.92 Å². The maximum atomic E-state index is 6.04. The smallest absolute Gasteiger partial charge is 0.0784 e. The van der Waals surface area contributed by atoms with Crippen molar-refractivity contribution in [3.8, 4) is 0 Å². The van der Waals surface area contributed by atoms with E-state index < -0.39 is 11.4 Å². The standard InChI is InChI=1S/C13H10Cl9/c1-2-3-4-8-9(12(17,18)19)5-7(11(14,15)16)6-10(8)13(20,21)22/h5-6H,1-4H2. The van der Waals surface area contributed by atoms with Gasteiger partial charge < -0.3 is 0 Å². The van der Waals surface area contributed by atoms with Crippen LogP contribution in [0.5, 0.6) is 0 Å². The van der Waals surface area contributed by atoms with Gasteiger partial charge >= 0.3 is 0 Å². The fourth-order valence-electron chi connectivity index (χ4n) is 1.91. The summed E-state index contributed by atoms with van der Waals surface area (Å²) in [7, 11) is 0. The summed E-state index contributed by atoms with van der Waals surface area (Å²) in [5.74, 6) is 0. The Hall–Kier alpha value is 1.83. The molecule has 0 fully saturated rings. The molecule has 0 saturated heterocycles. The van der Waals surface area contributed by atoms with Crippen LogP contribution in [0.25, 0.3) is 0 Å². The van der Waals surface area contributed by atoms with Gasteiger partial charge in [0.05, 0.1) is 0 Å². The van der Waals surface area contributed by atoms with E-state index in [0.717, 1.165) is 0 Å². The first-order valence-corrected chi connectivity index (χ1v) is 9.36. The highest BCUT2D eigenvalue weighted by molar-refractivity contribution is 6.68. The average Bonchev–Trinajstić information content (AvgIpc) is 2.31. The number of hydrogen-bond acceptors (Lipinski definition) is 0. The maximum absolute atomic E-state index is 6.04. The molecule has 9 heteroatoms. The molecule has 0 atom stereocenters. The second kappa shape index (κ2) is 8.02. The van der Waals surface area contributed by atoms with Gasteiger partial charge in [0.2, 0.25) is 11.4 Å². The monoisotopic (exact) mass is 481 g/mol. The van der Waals surface area contributed by atoms with E-state index in [-0.39, 0.29) is 5.56 Å². The zero-order valence-electron chi connectivity index (χ0n) is 10.9. The molecular formula is C13H10Cl9. The molecule has 0 aromatic heterocycles. The van der Waals surface area contributed by atoms with Crippen molar-refractivity contribution in [3.05, 3.63) is 41.3 Å². The van der Waals surface area contributed by atoms with E-state index in [1.807, 2.05) is 0 Å². The number of halogens is 9. The highest BCUT2D eigenvalue weighted by Gasteiger charge is 2.36. The molecule has 125 valence electrons. The molecule has 0 nitrogen and oxygen atoms in total. The lowest BCUT2D eigenvalue weighted by atomic mass is 9.95. The molecule has 0 aliphatic heterocycles. The van der Waals surface area contributed by atoms with Crippen LogP contribution in [-0.2, 0) is 17.8 Å². The van der Waals surface area contributed by atoms with Gasteiger partial charge in [-0.2, -0.15) is 0 Å². The Morgan fingerprint density at radius 2 is 1.14 bits per heavy atom. The highest BCUT2D eigenvalue weighted by Crippen LogP contribution is 2.50. The minimum Gasteiger partial charge on any atom is -0.0784 e. The first-order chi connectivity index (χ1) is 9.78. The summed E-state index contributed by atoms with van der Waals surface area (Å²) in [5, 5.41) is 0. The Balaban J connectivity index is 3.70. The van der Waals surface area contributed by atoms with Gasteiger partial charge in [-0.05, 0) is 30.5 Å². The number of benzene rings is 1. The number of alkyl halides is 9. The SMILES string of the molecule is [CH2]CCCc1c(C(Cl)(Cl)Cl)cc(C(Cl)(Cl)Cl)cc1C(Cl)(Cl)Cl. The van der Waals surface area contributed by atoms with Gasteiger partial charge in [0.15, 0.2) is 0 Å². The summed E-state index contributed by atoms with van der Waals surface area (Å²) in [5.41, 5.74) is 1.48. The van der Waals surface area contributed by atoms with Crippen LogP contribution in [0.3, 0.4) is 0 Å². The summed E-state index contributed by atoms with van der Waals surface area (Å²) in [6, 6.07) is 3.00. The third kappa shape index (κ3) is 5.97. The van der Waals surface area contributed by atoms with Crippen molar-refractivity contribution in [1.29, 1.82) is 0 Å². The van der Waals surface area contributed by atoms with Crippen LogP contribution in [0.15, 0.2) is 12.1 Å². The highest BCUT2D eigenvalue weighted by atomic mass is 35.6. The van der Waals surface area contributed by atoms with Crippen molar-refractivity contribution in [2.75, 3.05) is 0 Å². The third-order valence-electron chi connectivity index (χ3n) is 2.86. The average molecular weight is 485 g/mol. The second-order valence-corrected chi connectivity index (χ2v) is 11.3. The molecule has 0 bridgehead atoms.